The molecule has 1 aromatic rings. The molecule has 0 radical (unpaired) electrons. The van der Waals surface area contributed by atoms with Crippen LogP contribution in [0, 0.1) is 0 Å². The zero-order valence-corrected chi connectivity index (χ0v) is 16.7. The van der Waals surface area contributed by atoms with E-state index < -0.39 is 0 Å². The van der Waals surface area contributed by atoms with E-state index in [-0.39, 0.29) is 0 Å². The van der Waals surface area contributed by atoms with Crippen molar-refractivity contribution in [3.8, 4) is 0 Å². The summed E-state index contributed by atoms with van der Waals surface area (Å²) in [6.45, 7) is 8.71. The molecule has 26 heavy (non-hydrogen) atoms. The minimum absolute atomic E-state index is 0.388. The van der Waals surface area contributed by atoms with E-state index in [9.17, 15) is 0 Å². The fourth-order valence-electron chi connectivity index (χ4n) is 3.44. The van der Waals surface area contributed by atoms with E-state index in [1.807, 2.05) is 18.4 Å². The molecule has 6 nitrogen and oxygen atoms in total. The normalized spacial score (nSPS) is 20.5. The molecule has 3 heterocycles. The molecule has 0 saturated carbocycles. The van der Waals surface area contributed by atoms with Crippen LogP contribution in [0.15, 0.2) is 22.5 Å². The summed E-state index contributed by atoms with van der Waals surface area (Å²) >= 11 is 1.84. The maximum atomic E-state index is 5.93. The van der Waals surface area contributed by atoms with Gasteiger partial charge in [0, 0.05) is 71.0 Å². The monoisotopic (exact) mass is 380 g/mol. The second-order valence-electron chi connectivity index (χ2n) is 6.85. The molecule has 1 aromatic heterocycles. The number of hydrogen-bond acceptors (Lipinski definition) is 5. The van der Waals surface area contributed by atoms with E-state index in [1.54, 1.807) is 0 Å². The molecule has 0 bridgehead atoms. The fraction of sp³-hybridized carbons (Fsp3) is 0.737. The van der Waals surface area contributed by atoms with Gasteiger partial charge in [-0.1, -0.05) is 6.07 Å². The predicted octanol–water partition coefficient (Wildman–Crippen LogP) is 2.03. The molecule has 146 valence electrons. The highest BCUT2D eigenvalue weighted by Gasteiger charge is 2.19. The fourth-order valence-corrected chi connectivity index (χ4v) is 4.18. The first-order chi connectivity index (χ1) is 12.8. The topological polar surface area (TPSA) is 49.3 Å². The van der Waals surface area contributed by atoms with E-state index in [0.717, 1.165) is 84.3 Å². The van der Waals surface area contributed by atoms with E-state index in [1.165, 1.54) is 4.88 Å². The largest absolute Gasteiger partial charge is 0.381 e. The summed E-state index contributed by atoms with van der Waals surface area (Å²) < 4.78 is 11.3. The lowest BCUT2D eigenvalue weighted by molar-refractivity contribution is -0.0320. The molecule has 2 fully saturated rings. The second-order valence-corrected chi connectivity index (χ2v) is 7.88. The van der Waals surface area contributed by atoms with Gasteiger partial charge in [0.2, 0.25) is 0 Å². The van der Waals surface area contributed by atoms with Crippen LogP contribution in [0.3, 0.4) is 0 Å². The molecule has 0 spiro atoms. The number of guanidine groups is 1. The van der Waals surface area contributed by atoms with Gasteiger partial charge in [-0.3, -0.25) is 9.89 Å². The van der Waals surface area contributed by atoms with Gasteiger partial charge >= 0.3 is 0 Å². The van der Waals surface area contributed by atoms with E-state index in [2.05, 4.69) is 37.6 Å². The van der Waals surface area contributed by atoms with Crippen molar-refractivity contribution in [1.29, 1.82) is 0 Å². The number of ether oxygens (including phenoxy) is 2. The maximum absolute atomic E-state index is 5.93. The van der Waals surface area contributed by atoms with Crippen molar-refractivity contribution < 1.29 is 9.47 Å². The Hall–Kier alpha value is -1.15. The Bertz CT molecular complexity index is 524. The standard InChI is InChI=1S/C19H32N4O2S/c1-20-19(21-7-3-12-25-17-5-13-24-14-6-17)23-10-8-22(9-11-23)16-18-4-2-15-26-18/h2,4,15,17H,3,5-14,16H2,1H3,(H,20,21). The molecular weight excluding hydrogens is 348 g/mol. The number of thiophene rings is 1. The van der Waals surface area contributed by atoms with Crippen LogP contribution in [0.1, 0.15) is 24.1 Å². The highest BCUT2D eigenvalue weighted by atomic mass is 32.1. The van der Waals surface area contributed by atoms with Crippen LogP contribution in [-0.2, 0) is 16.0 Å². The molecule has 0 unspecified atom stereocenters. The Kier molecular flexibility index (Phi) is 8.20. The van der Waals surface area contributed by atoms with E-state index >= 15 is 0 Å². The van der Waals surface area contributed by atoms with Crippen molar-refractivity contribution in [3.05, 3.63) is 22.4 Å². The van der Waals surface area contributed by atoms with E-state index in [4.69, 9.17) is 9.47 Å². The Morgan fingerprint density at radius 3 is 2.81 bits per heavy atom. The third kappa shape index (κ3) is 6.23. The number of aliphatic imine (C=N–C) groups is 1. The van der Waals surface area contributed by atoms with Crippen molar-refractivity contribution in [3.63, 3.8) is 0 Å². The first kappa shape index (κ1) is 19.6. The minimum Gasteiger partial charge on any atom is -0.381 e. The van der Waals surface area contributed by atoms with Crippen LogP contribution in [0.25, 0.3) is 0 Å². The molecule has 0 aliphatic carbocycles. The van der Waals surface area contributed by atoms with Crippen molar-refractivity contribution in [1.82, 2.24) is 15.1 Å². The average molecular weight is 381 g/mol. The summed E-state index contributed by atoms with van der Waals surface area (Å²) in [4.78, 5) is 10.8. The molecule has 2 saturated heterocycles. The average Bonchev–Trinajstić information content (AvgIpc) is 3.19. The van der Waals surface area contributed by atoms with Crippen molar-refractivity contribution in [2.75, 3.05) is 59.6 Å². The van der Waals surface area contributed by atoms with Gasteiger partial charge in [-0.25, -0.2) is 0 Å². The molecule has 0 amide bonds. The van der Waals surface area contributed by atoms with Crippen molar-refractivity contribution in [2.45, 2.75) is 31.9 Å². The van der Waals surface area contributed by atoms with Gasteiger partial charge < -0.3 is 19.7 Å². The minimum atomic E-state index is 0.388. The predicted molar refractivity (Wildman–Crippen MR) is 107 cm³/mol. The highest BCUT2D eigenvalue weighted by Crippen LogP contribution is 2.14. The molecular formula is C19H32N4O2S. The summed E-state index contributed by atoms with van der Waals surface area (Å²) in [7, 11) is 1.87. The van der Waals surface area contributed by atoms with Crippen LogP contribution in [-0.4, -0.2) is 81.5 Å². The molecule has 7 heteroatoms. The zero-order valence-electron chi connectivity index (χ0n) is 15.9. The summed E-state index contributed by atoms with van der Waals surface area (Å²) in [5.41, 5.74) is 0. The van der Waals surface area contributed by atoms with Gasteiger partial charge in [-0.2, -0.15) is 0 Å². The van der Waals surface area contributed by atoms with Crippen molar-refractivity contribution >= 4 is 17.3 Å². The second kappa shape index (κ2) is 10.9. The quantitative estimate of drug-likeness (QED) is 0.446. The Balaban J connectivity index is 1.29. The first-order valence-corrected chi connectivity index (χ1v) is 10.6. The van der Waals surface area contributed by atoms with Gasteiger partial charge in [0.1, 0.15) is 0 Å². The third-order valence-corrected chi connectivity index (χ3v) is 5.83. The zero-order chi connectivity index (χ0) is 18.0. The Labute approximate surface area is 161 Å². The van der Waals surface area contributed by atoms with Gasteiger partial charge in [0.15, 0.2) is 5.96 Å². The lowest BCUT2D eigenvalue weighted by atomic mass is 10.1. The third-order valence-electron chi connectivity index (χ3n) is 4.97. The Morgan fingerprint density at radius 2 is 2.12 bits per heavy atom. The summed E-state index contributed by atoms with van der Waals surface area (Å²) in [6.07, 6.45) is 3.46. The summed E-state index contributed by atoms with van der Waals surface area (Å²) in [5, 5.41) is 5.65. The van der Waals surface area contributed by atoms with Gasteiger partial charge in [0.05, 0.1) is 6.10 Å². The van der Waals surface area contributed by atoms with Gasteiger partial charge in [-0.15, -0.1) is 11.3 Å². The van der Waals surface area contributed by atoms with Gasteiger partial charge in [-0.05, 0) is 30.7 Å². The number of piperazine rings is 1. The van der Waals surface area contributed by atoms with Crippen LogP contribution in [0.2, 0.25) is 0 Å². The smallest absolute Gasteiger partial charge is 0.193 e. The lowest BCUT2D eigenvalue weighted by Gasteiger charge is -2.36. The van der Waals surface area contributed by atoms with Crippen LogP contribution < -0.4 is 5.32 Å². The summed E-state index contributed by atoms with van der Waals surface area (Å²) in [6, 6.07) is 4.35. The number of nitrogens with one attached hydrogen (secondary N) is 1. The maximum Gasteiger partial charge on any atom is 0.193 e. The molecule has 3 rings (SSSR count). The van der Waals surface area contributed by atoms with E-state index in [0.29, 0.717) is 6.10 Å². The molecule has 0 atom stereocenters. The van der Waals surface area contributed by atoms with Crippen LogP contribution >= 0.6 is 11.3 Å². The van der Waals surface area contributed by atoms with Crippen LogP contribution in [0.4, 0.5) is 0 Å². The van der Waals surface area contributed by atoms with Crippen LogP contribution in [0.5, 0.6) is 0 Å². The lowest BCUT2D eigenvalue weighted by Crippen LogP contribution is -2.52. The highest BCUT2D eigenvalue weighted by molar-refractivity contribution is 7.09. The SMILES string of the molecule is CN=C(NCCCOC1CCOCC1)N1CCN(Cc2cccs2)CC1. The summed E-state index contributed by atoms with van der Waals surface area (Å²) in [5.74, 6) is 1.02. The molecule has 2 aliphatic heterocycles. The Morgan fingerprint density at radius 1 is 1.31 bits per heavy atom. The first-order valence-electron chi connectivity index (χ1n) is 9.75. The number of hydrogen-bond donors (Lipinski definition) is 1. The molecule has 2 aliphatic rings. The number of rotatable bonds is 7. The number of nitrogens with zero attached hydrogens (tertiary/aromatic N) is 3. The van der Waals surface area contributed by atoms with Gasteiger partial charge in [0.25, 0.3) is 0 Å². The molecule has 1 N–H and O–H groups in total. The molecule has 0 aromatic carbocycles. The van der Waals surface area contributed by atoms with Crippen molar-refractivity contribution in [2.24, 2.45) is 4.99 Å².